The average molecular weight is 231 g/mol. The lowest BCUT2D eigenvalue weighted by molar-refractivity contribution is 0.482. The zero-order chi connectivity index (χ0) is 11.2. The van der Waals surface area contributed by atoms with E-state index in [2.05, 4.69) is 0 Å². The molecule has 2 aromatic carbocycles. The Morgan fingerprint density at radius 2 is 1.44 bits per heavy atom. The summed E-state index contributed by atoms with van der Waals surface area (Å²) < 4.78 is 5.65. The Morgan fingerprint density at radius 1 is 0.812 bits per heavy atom. The molecule has 2 aromatic rings. The number of para-hydroxylation sites is 1. The molecule has 16 heavy (non-hydrogen) atoms. The summed E-state index contributed by atoms with van der Waals surface area (Å²) in [5.74, 6) is 1.65. The van der Waals surface area contributed by atoms with Gasteiger partial charge in [0.1, 0.15) is 11.5 Å². The molecule has 1 nitrogen and oxygen atoms in total. The number of hydrogen-bond acceptors (Lipinski definition) is 1. The minimum Gasteiger partial charge on any atom is -0.457 e. The van der Waals surface area contributed by atoms with Gasteiger partial charge in [-0.05, 0) is 35.9 Å². The van der Waals surface area contributed by atoms with E-state index in [0.29, 0.717) is 0 Å². The lowest BCUT2D eigenvalue weighted by Crippen LogP contribution is -1.83. The lowest BCUT2D eigenvalue weighted by Gasteiger charge is -2.05. The van der Waals surface area contributed by atoms with Crippen LogP contribution in [-0.2, 0) is 0 Å². The molecule has 0 saturated carbocycles. The predicted octanol–water partition coefficient (Wildman–Crippen LogP) is 4.69. The van der Waals surface area contributed by atoms with Crippen molar-refractivity contribution in [2.75, 3.05) is 0 Å². The number of rotatable bonds is 3. The molecule has 0 aromatic heterocycles. The third kappa shape index (κ3) is 2.88. The van der Waals surface area contributed by atoms with Gasteiger partial charge in [-0.3, -0.25) is 0 Å². The van der Waals surface area contributed by atoms with E-state index in [-0.39, 0.29) is 0 Å². The summed E-state index contributed by atoms with van der Waals surface area (Å²) in [6, 6.07) is 17.4. The van der Waals surface area contributed by atoms with Gasteiger partial charge in [0.05, 0.1) is 0 Å². The molecular weight excluding hydrogens is 220 g/mol. The van der Waals surface area contributed by atoms with Gasteiger partial charge in [0.25, 0.3) is 0 Å². The topological polar surface area (TPSA) is 9.23 Å². The first-order valence-corrected chi connectivity index (χ1v) is 5.42. The molecule has 0 fully saturated rings. The molecule has 80 valence electrons. The fourth-order valence-electron chi connectivity index (χ4n) is 1.34. The van der Waals surface area contributed by atoms with Crippen LogP contribution in [-0.4, -0.2) is 0 Å². The van der Waals surface area contributed by atoms with Crippen LogP contribution in [0.4, 0.5) is 0 Å². The summed E-state index contributed by atoms with van der Waals surface area (Å²) in [5.41, 5.74) is 2.54. The maximum atomic E-state index is 5.65. The first-order valence-electron chi connectivity index (χ1n) is 4.98. The number of hydrogen-bond donors (Lipinski definition) is 0. The van der Waals surface area contributed by atoms with Gasteiger partial charge in [-0.1, -0.05) is 41.9 Å². The van der Waals surface area contributed by atoms with E-state index in [4.69, 9.17) is 16.3 Å². The molecule has 2 heteroatoms. The number of ether oxygens (including phenoxy) is 1. The first kappa shape index (κ1) is 10.8. The van der Waals surface area contributed by atoms with Gasteiger partial charge in [0, 0.05) is 5.54 Å². The monoisotopic (exact) mass is 230 g/mol. The van der Waals surface area contributed by atoms with Crippen molar-refractivity contribution in [2.45, 2.75) is 0 Å². The van der Waals surface area contributed by atoms with Crippen molar-refractivity contribution >= 4 is 17.7 Å². The molecule has 0 heterocycles. The van der Waals surface area contributed by atoms with Crippen molar-refractivity contribution in [3.05, 3.63) is 65.7 Å². The Bertz CT molecular complexity index is 460. The van der Waals surface area contributed by atoms with Gasteiger partial charge in [-0.2, -0.15) is 0 Å². The quantitative estimate of drug-likeness (QED) is 0.743. The third-order valence-corrected chi connectivity index (χ3v) is 2.24. The first-order chi connectivity index (χ1) is 7.88. The zero-order valence-corrected chi connectivity index (χ0v) is 9.39. The Kier molecular flexibility index (Phi) is 3.62. The van der Waals surface area contributed by atoms with Crippen LogP contribution in [0.1, 0.15) is 5.56 Å². The summed E-state index contributed by atoms with van der Waals surface area (Å²) in [6.07, 6.45) is 1.83. The largest absolute Gasteiger partial charge is 0.457 e. The van der Waals surface area contributed by atoms with Crippen molar-refractivity contribution in [3.8, 4) is 11.5 Å². The lowest BCUT2D eigenvalue weighted by atomic mass is 10.2. The minimum absolute atomic E-state index is 0.818. The highest BCUT2D eigenvalue weighted by molar-refractivity contribution is 6.27. The molecule has 0 bridgehead atoms. The van der Waals surface area contributed by atoms with E-state index >= 15 is 0 Å². The number of benzene rings is 2. The van der Waals surface area contributed by atoms with Crippen molar-refractivity contribution in [2.24, 2.45) is 0 Å². The van der Waals surface area contributed by atoms with Gasteiger partial charge in [-0.25, -0.2) is 0 Å². The maximum Gasteiger partial charge on any atom is 0.127 e. The van der Waals surface area contributed by atoms with E-state index in [0.717, 1.165) is 17.1 Å². The molecule has 2 rings (SSSR count). The molecule has 0 aliphatic carbocycles. The molecule has 0 saturated heterocycles. The van der Waals surface area contributed by atoms with Gasteiger partial charge >= 0.3 is 0 Å². The van der Waals surface area contributed by atoms with E-state index in [1.54, 1.807) is 0 Å². The van der Waals surface area contributed by atoms with Crippen LogP contribution >= 0.6 is 11.6 Å². The second kappa shape index (κ2) is 5.38. The highest BCUT2D eigenvalue weighted by Gasteiger charge is 1.95. The SMILES string of the molecule is ClC=Cc1ccc(Oc2ccccc2)cc1. The fraction of sp³-hybridized carbons (Fsp3) is 0. The van der Waals surface area contributed by atoms with Crippen molar-refractivity contribution < 1.29 is 4.74 Å². The second-order valence-electron chi connectivity index (χ2n) is 3.28. The molecule has 0 unspecified atom stereocenters. The van der Waals surface area contributed by atoms with Crippen LogP contribution in [0.25, 0.3) is 6.08 Å². The molecule has 0 radical (unpaired) electrons. The van der Waals surface area contributed by atoms with Crippen molar-refractivity contribution in [1.82, 2.24) is 0 Å². The van der Waals surface area contributed by atoms with E-state index in [9.17, 15) is 0 Å². The Morgan fingerprint density at radius 3 is 2.06 bits per heavy atom. The summed E-state index contributed by atoms with van der Waals surface area (Å²) >= 11 is 5.49. The van der Waals surface area contributed by atoms with Crippen LogP contribution in [0, 0.1) is 0 Å². The Hall–Kier alpha value is -1.73. The van der Waals surface area contributed by atoms with Gasteiger partial charge in [0.2, 0.25) is 0 Å². The molecule has 0 aliphatic heterocycles. The van der Waals surface area contributed by atoms with Crippen LogP contribution in [0.3, 0.4) is 0 Å². The van der Waals surface area contributed by atoms with Gasteiger partial charge < -0.3 is 4.74 Å². The van der Waals surface area contributed by atoms with E-state index in [1.807, 2.05) is 60.7 Å². The summed E-state index contributed by atoms with van der Waals surface area (Å²) in [6.45, 7) is 0. The smallest absolute Gasteiger partial charge is 0.127 e. The normalized spacial score (nSPS) is 10.6. The van der Waals surface area contributed by atoms with Crippen molar-refractivity contribution in [1.29, 1.82) is 0 Å². The van der Waals surface area contributed by atoms with Gasteiger partial charge in [0.15, 0.2) is 0 Å². The minimum atomic E-state index is 0.818. The molecule has 0 aliphatic rings. The predicted molar refractivity (Wildman–Crippen MR) is 67.8 cm³/mol. The van der Waals surface area contributed by atoms with Crippen LogP contribution < -0.4 is 4.74 Å². The summed E-state index contributed by atoms with van der Waals surface area (Å²) in [7, 11) is 0. The Balaban J connectivity index is 2.11. The zero-order valence-electron chi connectivity index (χ0n) is 8.64. The van der Waals surface area contributed by atoms with Crippen LogP contribution in [0.2, 0.25) is 0 Å². The summed E-state index contributed by atoms with van der Waals surface area (Å²) in [5, 5.41) is 0. The van der Waals surface area contributed by atoms with Crippen molar-refractivity contribution in [3.63, 3.8) is 0 Å². The molecular formula is C14H11ClO. The highest BCUT2D eigenvalue weighted by Crippen LogP contribution is 2.21. The second-order valence-corrected chi connectivity index (χ2v) is 3.53. The van der Waals surface area contributed by atoms with Crippen LogP contribution in [0.15, 0.2) is 60.1 Å². The summed E-state index contributed by atoms with van der Waals surface area (Å²) in [4.78, 5) is 0. The average Bonchev–Trinajstić information content (AvgIpc) is 2.33. The maximum absolute atomic E-state index is 5.65. The van der Waals surface area contributed by atoms with E-state index in [1.165, 1.54) is 5.54 Å². The number of halogens is 1. The molecule has 0 spiro atoms. The molecule has 0 N–H and O–H groups in total. The standard InChI is InChI=1S/C14H11ClO/c15-11-10-12-6-8-14(9-7-12)16-13-4-2-1-3-5-13/h1-11H. The molecule has 0 atom stereocenters. The van der Waals surface area contributed by atoms with E-state index < -0.39 is 0 Å². The Labute approximate surface area is 99.9 Å². The highest BCUT2D eigenvalue weighted by atomic mass is 35.5. The van der Waals surface area contributed by atoms with Gasteiger partial charge in [-0.15, -0.1) is 0 Å². The molecule has 0 amide bonds. The van der Waals surface area contributed by atoms with Crippen LogP contribution in [0.5, 0.6) is 11.5 Å². The fourth-order valence-corrected chi connectivity index (χ4v) is 1.49. The third-order valence-electron chi connectivity index (χ3n) is 2.11.